The average Bonchev–Trinajstić information content (AvgIpc) is 2.39. The number of rotatable bonds is 4. The van der Waals surface area contributed by atoms with E-state index in [4.69, 9.17) is 11.6 Å². The van der Waals surface area contributed by atoms with Crippen molar-refractivity contribution in [3.8, 4) is 0 Å². The normalized spacial score (nSPS) is 18.9. The lowest BCUT2D eigenvalue weighted by Crippen LogP contribution is -2.48. The quantitative estimate of drug-likeness (QED) is 0.828. The van der Waals surface area contributed by atoms with E-state index < -0.39 is 0 Å². The Morgan fingerprint density at radius 3 is 2.67 bits per heavy atom. The van der Waals surface area contributed by atoms with E-state index in [2.05, 4.69) is 19.8 Å². The number of β-amino-alcohol motifs (C(OH)–C–C–N with tert-alkyl or cyclic N) is 1. The van der Waals surface area contributed by atoms with Gasteiger partial charge in [0.2, 0.25) is 0 Å². The van der Waals surface area contributed by atoms with Crippen molar-refractivity contribution in [1.82, 2.24) is 14.9 Å². The SMILES string of the molecule is CC[C@@H](O)CN1CCN(c2cc(Cl)ncn2)CC1. The number of aliphatic hydroxyl groups is 1. The summed E-state index contributed by atoms with van der Waals surface area (Å²) in [4.78, 5) is 12.6. The van der Waals surface area contributed by atoms with Gasteiger partial charge < -0.3 is 10.0 Å². The number of halogens is 1. The molecule has 100 valence electrons. The third-order valence-electron chi connectivity index (χ3n) is 3.26. The summed E-state index contributed by atoms with van der Waals surface area (Å²) >= 11 is 5.86. The molecule has 2 rings (SSSR count). The summed E-state index contributed by atoms with van der Waals surface area (Å²) in [5.74, 6) is 0.880. The second-order valence-corrected chi connectivity index (χ2v) is 4.94. The molecule has 1 aliphatic rings. The maximum Gasteiger partial charge on any atom is 0.134 e. The Morgan fingerprint density at radius 2 is 2.06 bits per heavy atom. The zero-order chi connectivity index (χ0) is 13.0. The van der Waals surface area contributed by atoms with Crippen molar-refractivity contribution in [3.05, 3.63) is 17.5 Å². The van der Waals surface area contributed by atoms with Crippen LogP contribution in [0.4, 0.5) is 5.82 Å². The van der Waals surface area contributed by atoms with Crippen LogP contribution in [0, 0.1) is 0 Å². The van der Waals surface area contributed by atoms with Crippen LogP contribution in [0.1, 0.15) is 13.3 Å². The van der Waals surface area contributed by atoms with E-state index in [-0.39, 0.29) is 6.10 Å². The third kappa shape index (κ3) is 3.54. The lowest BCUT2D eigenvalue weighted by Gasteiger charge is -2.36. The second kappa shape index (κ2) is 6.31. The van der Waals surface area contributed by atoms with Crippen molar-refractivity contribution in [3.63, 3.8) is 0 Å². The van der Waals surface area contributed by atoms with Gasteiger partial charge in [0.1, 0.15) is 17.3 Å². The average molecular weight is 271 g/mol. The molecule has 5 nitrogen and oxygen atoms in total. The van der Waals surface area contributed by atoms with Crippen LogP contribution < -0.4 is 4.90 Å². The molecule has 0 spiro atoms. The van der Waals surface area contributed by atoms with E-state index in [0.29, 0.717) is 5.15 Å². The van der Waals surface area contributed by atoms with Crippen molar-refractivity contribution >= 4 is 17.4 Å². The van der Waals surface area contributed by atoms with Crippen LogP contribution in [0.15, 0.2) is 12.4 Å². The second-order valence-electron chi connectivity index (χ2n) is 4.55. The van der Waals surface area contributed by atoms with E-state index >= 15 is 0 Å². The monoisotopic (exact) mass is 270 g/mol. The summed E-state index contributed by atoms with van der Waals surface area (Å²) in [6, 6.07) is 1.79. The molecule has 1 atom stereocenters. The zero-order valence-electron chi connectivity index (χ0n) is 10.6. The molecule has 1 aromatic heterocycles. The highest BCUT2D eigenvalue weighted by Crippen LogP contribution is 2.16. The van der Waals surface area contributed by atoms with Gasteiger partial charge in [-0.2, -0.15) is 0 Å². The van der Waals surface area contributed by atoms with Gasteiger partial charge in [0.05, 0.1) is 6.10 Å². The van der Waals surface area contributed by atoms with Crippen molar-refractivity contribution in [2.45, 2.75) is 19.4 Å². The van der Waals surface area contributed by atoms with E-state index in [1.807, 2.05) is 6.92 Å². The van der Waals surface area contributed by atoms with E-state index in [0.717, 1.165) is 45.0 Å². The Bertz CT molecular complexity index is 382. The minimum Gasteiger partial charge on any atom is -0.392 e. The lowest BCUT2D eigenvalue weighted by atomic mass is 10.2. The Kier molecular flexibility index (Phi) is 4.74. The van der Waals surface area contributed by atoms with Gasteiger partial charge >= 0.3 is 0 Å². The number of piperazine rings is 1. The number of hydrogen-bond donors (Lipinski definition) is 1. The number of aliphatic hydroxyl groups excluding tert-OH is 1. The van der Waals surface area contributed by atoms with Crippen LogP contribution in [0.25, 0.3) is 0 Å². The predicted octanol–water partition coefficient (Wildman–Crippen LogP) is 1.02. The van der Waals surface area contributed by atoms with Crippen molar-refractivity contribution in [2.24, 2.45) is 0 Å². The van der Waals surface area contributed by atoms with Gasteiger partial charge in [-0.15, -0.1) is 0 Å². The van der Waals surface area contributed by atoms with Gasteiger partial charge in [0, 0.05) is 38.8 Å². The third-order valence-corrected chi connectivity index (χ3v) is 3.46. The zero-order valence-corrected chi connectivity index (χ0v) is 11.3. The van der Waals surface area contributed by atoms with Crippen LogP contribution in [-0.4, -0.2) is 58.8 Å². The van der Waals surface area contributed by atoms with Gasteiger partial charge in [-0.25, -0.2) is 9.97 Å². The summed E-state index contributed by atoms with van der Waals surface area (Å²) in [5.41, 5.74) is 0. The predicted molar refractivity (Wildman–Crippen MR) is 72.0 cm³/mol. The molecule has 1 N–H and O–H groups in total. The fourth-order valence-corrected chi connectivity index (χ4v) is 2.23. The molecule has 1 fully saturated rings. The highest BCUT2D eigenvalue weighted by molar-refractivity contribution is 6.29. The standard InChI is InChI=1S/C12H19ClN4O/c1-2-10(18)8-16-3-5-17(6-4-16)12-7-11(13)14-9-15-12/h7,9-10,18H,2-6,8H2,1H3/t10-/m1/s1. The first-order valence-corrected chi connectivity index (χ1v) is 6.69. The Hall–Kier alpha value is -0.910. The number of anilines is 1. The lowest BCUT2D eigenvalue weighted by molar-refractivity contribution is 0.106. The minimum absolute atomic E-state index is 0.218. The Balaban J connectivity index is 1.87. The summed E-state index contributed by atoms with van der Waals surface area (Å²) in [6.07, 6.45) is 2.08. The summed E-state index contributed by atoms with van der Waals surface area (Å²) < 4.78 is 0. The number of hydrogen-bond acceptors (Lipinski definition) is 5. The molecule has 1 aromatic rings. The van der Waals surface area contributed by atoms with Crippen molar-refractivity contribution in [2.75, 3.05) is 37.6 Å². The highest BCUT2D eigenvalue weighted by Gasteiger charge is 2.19. The van der Waals surface area contributed by atoms with E-state index in [1.165, 1.54) is 6.33 Å². The Morgan fingerprint density at radius 1 is 1.33 bits per heavy atom. The van der Waals surface area contributed by atoms with Gasteiger partial charge in [-0.1, -0.05) is 18.5 Å². The molecule has 0 saturated carbocycles. The van der Waals surface area contributed by atoms with E-state index in [9.17, 15) is 5.11 Å². The Labute approximate surface area is 112 Å². The van der Waals surface area contributed by atoms with Gasteiger partial charge in [0.25, 0.3) is 0 Å². The molecular formula is C12H19ClN4O. The smallest absolute Gasteiger partial charge is 0.134 e. The molecule has 1 aliphatic heterocycles. The van der Waals surface area contributed by atoms with Crippen LogP contribution in [0.3, 0.4) is 0 Å². The van der Waals surface area contributed by atoms with Crippen LogP contribution in [-0.2, 0) is 0 Å². The maximum absolute atomic E-state index is 9.64. The molecule has 1 saturated heterocycles. The maximum atomic E-state index is 9.64. The van der Waals surface area contributed by atoms with Crippen molar-refractivity contribution < 1.29 is 5.11 Å². The molecule has 0 unspecified atom stereocenters. The first kappa shape index (κ1) is 13.5. The first-order chi connectivity index (χ1) is 8.69. The molecule has 6 heteroatoms. The van der Waals surface area contributed by atoms with Crippen LogP contribution >= 0.6 is 11.6 Å². The molecule has 0 radical (unpaired) electrons. The molecule has 18 heavy (non-hydrogen) atoms. The van der Waals surface area contributed by atoms with Crippen LogP contribution in [0.5, 0.6) is 0 Å². The van der Waals surface area contributed by atoms with Gasteiger partial charge in [0.15, 0.2) is 0 Å². The summed E-state index contributed by atoms with van der Waals surface area (Å²) in [7, 11) is 0. The molecular weight excluding hydrogens is 252 g/mol. The fourth-order valence-electron chi connectivity index (χ4n) is 2.08. The van der Waals surface area contributed by atoms with Crippen LogP contribution in [0.2, 0.25) is 5.15 Å². The molecule has 0 aliphatic carbocycles. The summed E-state index contributed by atoms with van der Waals surface area (Å²) in [6.45, 7) is 6.46. The van der Waals surface area contributed by atoms with E-state index in [1.54, 1.807) is 6.07 Å². The van der Waals surface area contributed by atoms with Gasteiger partial charge in [-0.05, 0) is 6.42 Å². The number of aromatic nitrogens is 2. The number of nitrogens with zero attached hydrogens (tertiary/aromatic N) is 4. The topological polar surface area (TPSA) is 52.5 Å². The largest absolute Gasteiger partial charge is 0.392 e. The highest BCUT2D eigenvalue weighted by atomic mass is 35.5. The molecule has 2 heterocycles. The molecule has 0 bridgehead atoms. The fraction of sp³-hybridized carbons (Fsp3) is 0.667. The van der Waals surface area contributed by atoms with Crippen molar-refractivity contribution in [1.29, 1.82) is 0 Å². The molecule has 0 amide bonds. The van der Waals surface area contributed by atoms with Gasteiger partial charge in [-0.3, -0.25) is 4.90 Å². The molecule has 0 aromatic carbocycles. The minimum atomic E-state index is -0.218. The first-order valence-electron chi connectivity index (χ1n) is 6.32. The summed E-state index contributed by atoms with van der Waals surface area (Å²) in [5, 5.41) is 10.1.